The third kappa shape index (κ3) is 9.16. The molecule has 2 heterocycles. The Hall–Kier alpha value is -6.20. The van der Waals surface area contributed by atoms with Crippen LogP contribution in [0.1, 0.15) is 12.8 Å². The Morgan fingerprint density at radius 3 is 1.38 bits per heavy atom. The molecule has 0 radical (unpaired) electrons. The fourth-order valence-electron chi connectivity index (χ4n) is 6.76. The SMILES string of the molecule is NC(=O)C[C@H](NCCN1C(=O)COc2cc(-c3cccc(-c4cccc(-c5ccc6c(c5)OCC(=O)N6CCN[C@@H](CC(N)=O)C(=O)O)c4Cl)c3Cl)ccc21)C(=O)O. The van der Waals surface area contributed by atoms with Gasteiger partial charge in [-0.3, -0.25) is 28.8 Å². The number of hydrogen-bond acceptors (Lipinski definition) is 10. The molecule has 16 nitrogen and oxygen atoms in total. The maximum atomic E-state index is 12.8. The van der Waals surface area contributed by atoms with E-state index < -0.39 is 48.7 Å². The van der Waals surface area contributed by atoms with Crippen LogP contribution in [-0.4, -0.2) is 97.3 Å². The summed E-state index contributed by atoms with van der Waals surface area (Å²) in [5, 5.41) is 25.1. The first-order valence-corrected chi connectivity index (χ1v) is 18.7. The summed E-state index contributed by atoms with van der Waals surface area (Å²) < 4.78 is 11.6. The van der Waals surface area contributed by atoms with Crippen LogP contribution in [0.5, 0.6) is 11.5 Å². The van der Waals surface area contributed by atoms with Gasteiger partial charge >= 0.3 is 11.9 Å². The monoisotopic (exact) mass is 832 g/mol. The Balaban J connectivity index is 1.22. The minimum absolute atomic E-state index is 0.0799. The zero-order chi connectivity index (χ0) is 41.7. The molecule has 0 aliphatic carbocycles. The summed E-state index contributed by atoms with van der Waals surface area (Å²) in [5.74, 6) is -3.80. The fraction of sp³-hybridized carbons (Fsp3) is 0.250. The van der Waals surface area contributed by atoms with Crippen LogP contribution >= 0.6 is 23.2 Å². The number of nitrogens with zero attached hydrogens (tertiary/aromatic N) is 2. The molecule has 8 N–H and O–H groups in total. The largest absolute Gasteiger partial charge is 0.482 e. The second kappa shape index (κ2) is 17.9. The molecule has 2 atom stereocenters. The number of benzene rings is 4. The summed E-state index contributed by atoms with van der Waals surface area (Å²) in [4.78, 5) is 74.2. The number of primary amides is 2. The number of carboxylic acid groups (broad SMARTS) is 2. The third-order valence-corrected chi connectivity index (χ3v) is 10.4. The van der Waals surface area contributed by atoms with Gasteiger partial charge in [0, 0.05) is 48.4 Å². The lowest BCUT2D eigenvalue weighted by Gasteiger charge is -2.30. The molecule has 0 aromatic heterocycles. The molecule has 0 fully saturated rings. The molecule has 0 saturated heterocycles. The smallest absolute Gasteiger partial charge is 0.321 e. The Morgan fingerprint density at radius 2 is 1.02 bits per heavy atom. The Labute approximate surface area is 341 Å². The Bertz CT molecular complexity index is 2150. The van der Waals surface area contributed by atoms with Gasteiger partial charge in [0.1, 0.15) is 23.6 Å². The van der Waals surface area contributed by atoms with E-state index in [1.54, 1.807) is 36.4 Å². The molecule has 2 aliphatic heterocycles. The predicted molar refractivity (Wildman–Crippen MR) is 215 cm³/mol. The average molecular weight is 834 g/mol. The first kappa shape index (κ1) is 41.4. The number of ether oxygens (including phenoxy) is 2. The van der Waals surface area contributed by atoms with Gasteiger partial charge in [-0.15, -0.1) is 0 Å². The van der Waals surface area contributed by atoms with Gasteiger partial charge in [0.25, 0.3) is 11.8 Å². The average Bonchev–Trinajstić information content (AvgIpc) is 3.18. The highest BCUT2D eigenvalue weighted by Gasteiger charge is 2.29. The number of carbonyl (C=O) groups excluding carboxylic acids is 4. The fourth-order valence-corrected chi connectivity index (χ4v) is 7.43. The van der Waals surface area contributed by atoms with E-state index >= 15 is 0 Å². The zero-order valence-electron chi connectivity index (χ0n) is 30.7. The number of nitrogens with one attached hydrogen (secondary N) is 2. The van der Waals surface area contributed by atoms with Crippen molar-refractivity contribution in [1.82, 2.24) is 10.6 Å². The number of amides is 4. The first-order valence-electron chi connectivity index (χ1n) is 17.9. The molecule has 4 amide bonds. The molecule has 302 valence electrons. The van der Waals surface area contributed by atoms with Gasteiger partial charge < -0.3 is 51.6 Å². The van der Waals surface area contributed by atoms with E-state index in [-0.39, 0.29) is 51.2 Å². The number of carboxylic acids is 2. The second-order valence-corrected chi connectivity index (χ2v) is 14.2. The van der Waals surface area contributed by atoms with Crippen molar-refractivity contribution in [3.63, 3.8) is 0 Å². The van der Waals surface area contributed by atoms with E-state index in [1.807, 2.05) is 36.4 Å². The molecule has 0 bridgehead atoms. The quantitative estimate of drug-likeness (QED) is 0.0898. The van der Waals surface area contributed by atoms with Crippen LogP contribution in [0.25, 0.3) is 33.4 Å². The van der Waals surface area contributed by atoms with Gasteiger partial charge in [0.2, 0.25) is 11.8 Å². The highest BCUT2D eigenvalue weighted by molar-refractivity contribution is 6.39. The maximum Gasteiger partial charge on any atom is 0.321 e. The van der Waals surface area contributed by atoms with Gasteiger partial charge in [0.15, 0.2) is 13.2 Å². The lowest BCUT2D eigenvalue weighted by atomic mass is 9.95. The Morgan fingerprint density at radius 1 is 0.638 bits per heavy atom. The van der Waals surface area contributed by atoms with Crippen molar-refractivity contribution in [2.24, 2.45) is 11.5 Å². The summed E-state index contributed by atoms with van der Waals surface area (Å²) in [5.41, 5.74) is 15.3. The number of aliphatic carboxylic acids is 2. The Kier molecular flexibility index (Phi) is 12.8. The highest BCUT2D eigenvalue weighted by Crippen LogP contribution is 2.45. The van der Waals surface area contributed by atoms with Gasteiger partial charge in [-0.2, -0.15) is 0 Å². The van der Waals surface area contributed by atoms with Crippen LogP contribution in [0.2, 0.25) is 10.0 Å². The lowest BCUT2D eigenvalue weighted by Crippen LogP contribution is -2.46. The number of carbonyl (C=O) groups is 6. The second-order valence-electron chi connectivity index (χ2n) is 13.4. The minimum atomic E-state index is -1.23. The first-order chi connectivity index (χ1) is 27.7. The zero-order valence-corrected chi connectivity index (χ0v) is 32.2. The van der Waals surface area contributed by atoms with E-state index in [2.05, 4.69) is 10.6 Å². The number of anilines is 2. The van der Waals surface area contributed by atoms with Crippen LogP contribution in [0.15, 0.2) is 72.8 Å². The van der Waals surface area contributed by atoms with E-state index in [0.717, 1.165) is 0 Å². The predicted octanol–water partition coefficient (Wildman–Crippen LogP) is 3.28. The molecule has 0 unspecified atom stereocenters. The van der Waals surface area contributed by atoms with Gasteiger partial charge in [0.05, 0.1) is 34.3 Å². The normalized spacial score (nSPS) is 14.4. The van der Waals surface area contributed by atoms with Crippen molar-refractivity contribution in [3.8, 4) is 44.9 Å². The maximum absolute atomic E-state index is 12.8. The molecule has 18 heteroatoms. The molecule has 0 spiro atoms. The summed E-state index contributed by atoms with van der Waals surface area (Å²) in [6.07, 6.45) is -0.788. The van der Waals surface area contributed by atoms with Crippen molar-refractivity contribution in [3.05, 3.63) is 82.8 Å². The van der Waals surface area contributed by atoms with Crippen LogP contribution in [0.4, 0.5) is 11.4 Å². The van der Waals surface area contributed by atoms with Crippen molar-refractivity contribution in [2.45, 2.75) is 24.9 Å². The van der Waals surface area contributed by atoms with Crippen LogP contribution in [0.3, 0.4) is 0 Å². The standard InChI is InChI=1S/C40H38Cl2N6O10/c41-37-23(21-7-9-29-31(15-21)57-19-35(51)47(29)13-11-45-27(39(53)54)17-33(43)49)3-1-5-25(37)26-6-2-4-24(38(26)42)22-8-10-30-32(16-22)58-20-36(52)48(30)14-12-46-28(40(55)56)18-34(44)50/h1-10,15-16,27-28,45-46H,11-14,17-20H2,(H2,43,49)(H2,44,50)(H,53,54)(H,55,56)/t27-,28-/m0/s1. The van der Waals surface area contributed by atoms with E-state index in [0.29, 0.717) is 66.3 Å². The summed E-state index contributed by atoms with van der Waals surface area (Å²) in [7, 11) is 0. The van der Waals surface area contributed by atoms with Gasteiger partial charge in [-0.1, -0.05) is 71.7 Å². The van der Waals surface area contributed by atoms with E-state index in [9.17, 15) is 39.0 Å². The number of nitrogens with two attached hydrogens (primary N) is 2. The number of fused-ring (bicyclic) bond motifs is 2. The molecule has 4 aromatic carbocycles. The van der Waals surface area contributed by atoms with Crippen molar-refractivity contribution >= 4 is 70.1 Å². The highest BCUT2D eigenvalue weighted by atomic mass is 35.5. The summed E-state index contributed by atoms with van der Waals surface area (Å²) in [6.45, 7) is -0.0859. The number of rotatable bonds is 17. The number of hydrogen-bond donors (Lipinski definition) is 6. The van der Waals surface area contributed by atoms with Crippen LogP contribution in [0, 0.1) is 0 Å². The molecule has 6 rings (SSSR count). The topological polar surface area (TPSA) is 244 Å². The molecule has 4 aromatic rings. The molecule has 2 aliphatic rings. The van der Waals surface area contributed by atoms with Gasteiger partial charge in [-0.25, -0.2) is 0 Å². The number of halogens is 2. The lowest BCUT2D eigenvalue weighted by molar-refractivity contribution is -0.141. The van der Waals surface area contributed by atoms with Crippen molar-refractivity contribution < 1.29 is 48.5 Å². The van der Waals surface area contributed by atoms with E-state index in [1.165, 1.54) is 9.80 Å². The summed E-state index contributed by atoms with van der Waals surface area (Å²) in [6, 6.07) is 19.2. The molecule has 58 heavy (non-hydrogen) atoms. The van der Waals surface area contributed by atoms with Crippen molar-refractivity contribution in [2.75, 3.05) is 49.2 Å². The minimum Gasteiger partial charge on any atom is -0.482 e. The summed E-state index contributed by atoms with van der Waals surface area (Å²) >= 11 is 14.2. The van der Waals surface area contributed by atoms with E-state index in [4.69, 9.17) is 44.1 Å². The third-order valence-electron chi connectivity index (χ3n) is 9.57. The van der Waals surface area contributed by atoms with Gasteiger partial charge in [-0.05, 0) is 35.4 Å². The van der Waals surface area contributed by atoms with Crippen molar-refractivity contribution in [1.29, 1.82) is 0 Å². The van der Waals surface area contributed by atoms with Crippen LogP contribution < -0.4 is 41.4 Å². The molecular weight excluding hydrogens is 795 g/mol. The molecular formula is C40H38Cl2N6O10. The van der Waals surface area contributed by atoms with Crippen LogP contribution in [-0.2, 0) is 28.8 Å². The molecule has 0 saturated carbocycles.